The van der Waals surface area contributed by atoms with E-state index >= 15 is 0 Å². The highest BCUT2D eigenvalue weighted by Gasteiger charge is 2.11. The number of nitrogens with zero attached hydrogens (tertiary/aromatic N) is 2. The van der Waals surface area contributed by atoms with Gasteiger partial charge in [-0.2, -0.15) is 0 Å². The molecule has 0 bridgehead atoms. The molecular weight excluding hydrogens is 289 g/mol. The molecule has 0 aliphatic carbocycles. The molecule has 19 heavy (non-hydrogen) atoms. The molecule has 0 aliphatic rings. The molecule has 7 heteroatoms. The summed E-state index contributed by atoms with van der Waals surface area (Å²) in [4.78, 5) is 3.99. The van der Waals surface area contributed by atoms with Crippen molar-refractivity contribution >= 4 is 29.0 Å². The molecule has 1 aromatic heterocycles. The number of aromatic nitrogens is 1. The minimum Gasteiger partial charge on any atom is -0.455 e. The van der Waals surface area contributed by atoms with E-state index in [9.17, 15) is 0 Å². The van der Waals surface area contributed by atoms with Crippen LogP contribution < -0.4 is 10.5 Å². The van der Waals surface area contributed by atoms with Crippen LogP contribution in [0.5, 0.6) is 11.5 Å². The third kappa shape index (κ3) is 3.07. The lowest BCUT2D eigenvalue weighted by molar-refractivity contribution is 0.318. The fourth-order valence-corrected chi connectivity index (χ4v) is 1.67. The highest BCUT2D eigenvalue weighted by Crippen LogP contribution is 2.30. The van der Waals surface area contributed by atoms with E-state index in [4.69, 9.17) is 38.9 Å². The predicted octanol–water partition coefficient (Wildman–Crippen LogP) is 3.28. The van der Waals surface area contributed by atoms with E-state index in [-0.39, 0.29) is 11.5 Å². The minimum atomic E-state index is -0.143. The molecule has 1 aromatic carbocycles. The average Bonchev–Trinajstić information content (AvgIpc) is 2.43. The van der Waals surface area contributed by atoms with Gasteiger partial charge in [-0.15, -0.1) is 0 Å². The van der Waals surface area contributed by atoms with Crippen molar-refractivity contribution in [2.24, 2.45) is 10.9 Å². The number of hydrogen-bond donors (Lipinski definition) is 2. The number of ether oxygens (including phenoxy) is 1. The second-order valence-electron chi connectivity index (χ2n) is 3.51. The quantitative estimate of drug-likeness (QED) is 0.394. The van der Waals surface area contributed by atoms with Crippen molar-refractivity contribution in [2.45, 2.75) is 0 Å². The Morgan fingerprint density at radius 2 is 2.05 bits per heavy atom. The second kappa shape index (κ2) is 5.77. The van der Waals surface area contributed by atoms with Crippen molar-refractivity contribution in [3.63, 3.8) is 0 Å². The van der Waals surface area contributed by atoms with Crippen molar-refractivity contribution in [1.29, 1.82) is 0 Å². The lowest BCUT2D eigenvalue weighted by atomic mass is 10.3. The number of rotatable bonds is 3. The second-order valence-corrected chi connectivity index (χ2v) is 4.33. The van der Waals surface area contributed by atoms with E-state index in [1.54, 1.807) is 30.3 Å². The molecule has 5 nitrogen and oxygen atoms in total. The fourth-order valence-electron chi connectivity index (χ4n) is 1.38. The molecule has 0 fully saturated rings. The van der Waals surface area contributed by atoms with Crippen LogP contribution in [0.25, 0.3) is 0 Å². The minimum absolute atomic E-state index is 0.143. The van der Waals surface area contributed by atoms with Gasteiger partial charge in [-0.3, -0.25) is 0 Å². The fraction of sp³-hybridized carbons (Fsp3) is 0. The molecule has 1 heterocycles. The van der Waals surface area contributed by atoms with Crippen LogP contribution in [-0.4, -0.2) is 16.0 Å². The maximum absolute atomic E-state index is 8.69. The van der Waals surface area contributed by atoms with E-state index in [1.807, 2.05) is 0 Å². The Balaban J connectivity index is 2.35. The first-order valence-corrected chi connectivity index (χ1v) is 5.93. The zero-order valence-electron chi connectivity index (χ0n) is 9.55. The van der Waals surface area contributed by atoms with Crippen LogP contribution in [0.2, 0.25) is 10.0 Å². The van der Waals surface area contributed by atoms with Gasteiger partial charge in [-0.05, 0) is 24.3 Å². The highest BCUT2D eigenvalue weighted by molar-refractivity contribution is 6.42. The van der Waals surface area contributed by atoms with Gasteiger partial charge in [0.1, 0.15) is 5.75 Å². The predicted molar refractivity (Wildman–Crippen MR) is 73.3 cm³/mol. The van der Waals surface area contributed by atoms with Gasteiger partial charge in [-0.25, -0.2) is 4.98 Å². The van der Waals surface area contributed by atoms with E-state index in [1.165, 1.54) is 6.20 Å². The van der Waals surface area contributed by atoms with E-state index in [0.29, 0.717) is 21.5 Å². The summed E-state index contributed by atoms with van der Waals surface area (Å²) in [6.07, 6.45) is 1.51. The third-order valence-electron chi connectivity index (χ3n) is 2.24. The van der Waals surface area contributed by atoms with Crippen LogP contribution >= 0.6 is 23.2 Å². The number of oxime groups is 1. The molecule has 2 aromatic rings. The van der Waals surface area contributed by atoms with Crippen molar-refractivity contribution in [1.82, 2.24) is 4.98 Å². The number of nitrogens with two attached hydrogens (primary N) is 1. The molecule has 0 radical (unpaired) electrons. The Hall–Kier alpha value is -1.98. The molecule has 0 spiro atoms. The summed E-state index contributed by atoms with van der Waals surface area (Å²) < 4.78 is 5.59. The Bertz CT molecular complexity index is 632. The largest absolute Gasteiger partial charge is 0.455 e. The summed E-state index contributed by atoms with van der Waals surface area (Å²) in [5.74, 6) is 0.668. The molecule has 0 amide bonds. The Morgan fingerprint density at radius 3 is 2.74 bits per heavy atom. The van der Waals surface area contributed by atoms with Gasteiger partial charge < -0.3 is 15.7 Å². The van der Waals surface area contributed by atoms with Crippen molar-refractivity contribution < 1.29 is 9.94 Å². The molecule has 2 rings (SSSR count). The van der Waals surface area contributed by atoms with Gasteiger partial charge in [-0.1, -0.05) is 28.4 Å². The van der Waals surface area contributed by atoms with Crippen LogP contribution in [0.4, 0.5) is 0 Å². The maximum Gasteiger partial charge on any atom is 0.192 e. The van der Waals surface area contributed by atoms with Crippen LogP contribution in [0, 0.1) is 0 Å². The first kappa shape index (κ1) is 13.5. The van der Waals surface area contributed by atoms with Crippen molar-refractivity contribution in [2.75, 3.05) is 0 Å². The average molecular weight is 298 g/mol. The van der Waals surface area contributed by atoms with Crippen molar-refractivity contribution in [3.8, 4) is 11.5 Å². The van der Waals surface area contributed by atoms with Crippen LogP contribution in [0.1, 0.15) is 5.69 Å². The Labute approximate surface area is 119 Å². The summed E-state index contributed by atoms with van der Waals surface area (Å²) in [5, 5.41) is 12.4. The van der Waals surface area contributed by atoms with Crippen molar-refractivity contribution in [3.05, 3.63) is 52.3 Å². The molecule has 3 N–H and O–H groups in total. The SMILES string of the molecule is N/C(=N/O)c1ncccc1Oc1ccc(Cl)c(Cl)c1. The highest BCUT2D eigenvalue weighted by atomic mass is 35.5. The molecule has 0 aliphatic heterocycles. The Kier molecular flexibility index (Phi) is 4.09. The molecule has 0 saturated carbocycles. The third-order valence-corrected chi connectivity index (χ3v) is 2.98. The lowest BCUT2D eigenvalue weighted by Crippen LogP contribution is -2.15. The molecule has 98 valence electrons. The Morgan fingerprint density at radius 1 is 1.26 bits per heavy atom. The number of hydrogen-bond acceptors (Lipinski definition) is 4. The molecule has 0 saturated heterocycles. The summed E-state index contributed by atoms with van der Waals surface area (Å²) in [5.41, 5.74) is 5.75. The van der Waals surface area contributed by atoms with Crippen LogP contribution in [0.15, 0.2) is 41.7 Å². The summed E-state index contributed by atoms with van der Waals surface area (Å²) in [6, 6.07) is 8.13. The van der Waals surface area contributed by atoms with Gasteiger partial charge in [0.05, 0.1) is 10.0 Å². The zero-order chi connectivity index (χ0) is 13.8. The van der Waals surface area contributed by atoms with Crippen LogP contribution in [0.3, 0.4) is 0 Å². The van der Waals surface area contributed by atoms with E-state index in [0.717, 1.165) is 0 Å². The van der Waals surface area contributed by atoms with Gasteiger partial charge in [0.15, 0.2) is 17.3 Å². The van der Waals surface area contributed by atoms with Gasteiger partial charge in [0.25, 0.3) is 0 Å². The number of benzene rings is 1. The normalized spacial score (nSPS) is 11.4. The number of amidine groups is 1. The molecule has 0 unspecified atom stereocenters. The van der Waals surface area contributed by atoms with Gasteiger partial charge >= 0.3 is 0 Å². The monoisotopic (exact) mass is 297 g/mol. The summed E-state index contributed by atoms with van der Waals surface area (Å²) in [7, 11) is 0. The number of halogens is 2. The van der Waals surface area contributed by atoms with Gasteiger partial charge in [0, 0.05) is 12.3 Å². The van der Waals surface area contributed by atoms with E-state index in [2.05, 4.69) is 10.1 Å². The standard InChI is InChI=1S/C12H9Cl2N3O2/c13-8-4-3-7(6-9(8)14)19-10-2-1-5-16-11(10)12(15)17-18/h1-6,18H,(H2,15,17). The van der Waals surface area contributed by atoms with E-state index < -0.39 is 0 Å². The van der Waals surface area contributed by atoms with Gasteiger partial charge in [0.2, 0.25) is 0 Å². The molecular formula is C12H9Cl2N3O2. The maximum atomic E-state index is 8.69. The zero-order valence-corrected chi connectivity index (χ0v) is 11.1. The summed E-state index contributed by atoms with van der Waals surface area (Å²) >= 11 is 11.7. The number of pyridine rings is 1. The van der Waals surface area contributed by atoms with Crippen LogP contribution in [-0.2, 0) is 0 Å². The topological polar surface area (TPSA) is 80.7 Å². The first-order valence-electron chi connectivity index (χ1n) is 5.17. The summed E-state index contributed by atoms with van der Waals surface area (Å²) in [6.45, 7) is 0. The first-order chi connectivity index (χ1) is 9.11. The smallest absolute Gasteiger partial charge is 0.192 e. The lowest BCUT2D eigenvalue weighted by Gasteiger charge is -2.09. The molecule has 0 atom stereocenters.